The van der Waals surface area contributed by atoms with Gasteiger partial charge in [0.2, 0.25) is 0 Å². The van der Waals surface area contributed by atoms with Gasteiger partial charge in [0.25, 0.3) is 10.0 Å². The Morgan fingerprint density at radius 2 is 1.49 bits per heavy atom. The van der Waals surface area contributed by atoms with E-state index in [-0.39, 0.29) is 29.6 Å². The van der Waals surface area contributed by atoms with Crippen LogP contribution in [0.4, 0.5) is 5.69 Å². The molecular formula is C33H36N2O5S. The first-order chi connectivity index (χ1) is 19.8. The molecule has 0 bridgehead atoms. The van der Waals surface area contributed by atoms with Crippen molar-refractivity contribution < 1.29 is 23.0 Å². The number of benzene rings is 4. The fourth-order valence-electron chi connectivity index (χ4n) is 5.16. The van der Waals surface area contributed by atoms with Gasteiger partial charge in [-0.2, -0.15) is 0 Å². The molecule has 0 aromatic heterocycles. The summed E-state index contributed by atoms with van der Waals surface area (Å²) < 4.78 is 41.7. The number of aliphatic hydroxyl groups excluding tert-OH is 1. The Labute approximate surface area is 242 Å². The van der Waals surface area contributed by atoms with Crippen LogP contribution in [0.5, 0.6) is 0 Å². The van der Waals surface area contributed by atoms with Crippen molar-refractivity contribution >= 4 is 15.7 Å². The summed E-state index contributed by atoms with van der Waals surface area (Å²) in [5.41, 5.74) is 4.21. The number of hydrogen-bond acceptors (Lipinski definition) is 6. The lowest BCUT2D eigenvalue weighted by Gasteiger charge is -2.42. The second-order valence-corrected chi connectivity index (χ2v) is 12.2. The summed E-state index contributed by atoms with van der Waals surface area (Å²) in [5.74, 6) is 0.0317. The SMILES string of the molecule is C[C@H]1[C@@H](CN(C)Cc2ccccc2)O[C@@H](c2cccc(NS(=O)(=O)c3ccccc3)c2)O[C@H]1c1ccc(CO)cc1. The van der Waals surface area contributed by atoms with E-state index in [0.29, 0.717) is 12.2 Å². The van der Waals surface area contributed by atoms with Crippen LogP contribution in [-0.2, 0) is 32.6 Å². The van der Waals surface area contributed by atoms with Gasteiger partial charge in [-0.1, -0.05) is 91.9 Å². The first kappa shape index (κ1) is 29.0. The molecule has 0 aliphatic carbocycles. The van der Waals surface area contributed by atoms with Crippen molar-refractivity contribution in [2.75, 3.05) is 18.3 Å². The highest BCUT2D eigenvalue weighted by Gasteiger charge is 2.39. The van der Waals surface area contributed by atoms with Gasteiger partial charge < -0.3 is 14.6 Å². The lowest BCUT2D eigenvalue weighted by molar-refractivity contribution is -0.276. The van der Waals surface area contributed by atoms with Crippen molar-refractivity contribution in [2.45, 2.75) is 43.5 Å². The third kappa shape index (κ3) is 7.22. The van der Waals surface area contributed by atoms with E-state index >= 15 is 0 Å². The highest BCUT2D eigenvalue weighted by molar-refractivity contribution is 7.92. The van der Waals surface area contributed by atoms with Gasteiger partial charge in [0.05, 0.1) is 23.7 Å². The molecule has 41 heavy (non-hydrogen) atoms. The van der Waals surface area contributed by atoms with Gasteiger partial charge in [0.1, 0.15) is 0 Å². The van der Waals surface area contributed by atoms with E-state index in [0.717, 1.165) is 23.2 Å². The summed E-state index contributed by atoms with van der Waals surface area (Å²) in [4.78, 5) is 2.44. The van der Waals surface area contributed by atoms with E-state index in [4.69, 9.17) is 9.47 Å². The molecule has 4 atom stereocenters. The average molecular weight is 573 g/mol. The number of anilines is 1. The molecule has 1 aliphatic rings. The largest absolute Gasteiger partial charge is 0.392 e. The lowest BCUT2D eigenvalue weighted by atomic mass is 9.90. The molecule has 1 aliphatic heterocycles. The minimum absolute atomic E-state index is 0.0221. The zero-order valence-corrected chi connectivity index (χ0v) is 24.1. The predicted molar refractivity (Wildman–Crippen MR) is 159 cm³/mol. The molecule has 0 saturated carbocycles. The molecule has 4 aromatic carbocycles. The molecule has 1 fully saturated rings. The molecule has 0 spiro atoms. The number of likely N-dealkylation sites (N-methyl/N-ethyl adjacent to an activating group) is 1. The smallest absolute Gasteiger partial charge is 0.261 e. The molecule has 8 heteroatoms. The molecular weight excluding hydrogens is 536 g/mol. The number of hydrogen-bond donors (Lipinski definition) is 2. The number of rotatable bonds is 10. The molecule has 214 valence electrons. The summed E-state index contributed by atoms with van der Waals surface area (Å²) in [6.07, 6.45) is -1.12. The molecule has 0 amide bonds. The maximum atomic E-state index is 12.9. The van der Waals surface area contributed by atoms with Crippen LogP contribution in [-0.4, -0.2) is 38.1 Å². The molecule has 0 radical (unpaired) electrons. The fourth-order valence-corrected chi connectivity index (χ4v) is 6.23. The van der Waals surface area contributed by atoms with Gasteiger partial charge in [-0.05, 0) is 48.0 Å². The van der Waals surface area contributed by atoms with Crippen LogP contribution in [0.3, 0.4) is 0 Å². The summed E-state index contributed by atoms with van der Waals surface area (Å²) in [5, 5.41) is 9.52. The van der Waals surface area contributed by atoms with Crippen LogP contribution in [0.25, 0.3) is 0 Å². The van der Waals surface area contributed by atoms with E-state index in [1.54, 1.807) is 48.5 Å². The normalized spacial score (nSPS) is 21.1. The van der Waals surface area contributed by atoms with Crippen molar-refractivity contribution in [3.63, 3.8) is 0 Å². The Morgan fingerprint density at radius 1 is 0.805 bits per heavy atom. The van der Waals surface area contributed by atoms with Crippen LogP contribution in [0.15, 0.2) is 114 Å². The maximum Gasteiger partial charge on any atom is 0.261 e. The van der Waals surface area contributed by atoms with Gasteiger partial charge in [-0.3, -0.25) is 9.62 Å². The topological polar surface area (TPSA) is 88.1 Å². The molecule has 4 aromatic rings. The second kappa shape index (κ2) is 13.0. The van der Waals surface area contributed by atoms with E-state index < -0.39 is 16.3 Å². The Bertz CT molecular complexity index is 1510. The molecule has 1 saturated heterocycles. The minimum atomic E-state index is -3.75. The van der Waals surface area contributed by atoms with Crippen molar-refractivity contribution in [1.29, 1.82) is 0 Å². The monoisotopic (exact) mass is 572 g/mol. The zero-order valence-electron chi connectivity index (χ0n) is 23.3. The second-order valence-electron chi connectivity index (χ2n) is 10.5. The van der Waals surface area contributed by atoms with Crippen LogP contribution in [0, 0.1) is 5.92 Å². The highest BCUT2D eigenvalue weighted by Crippen LogP contribution is 2.42. The third-order valence-corrected chi connectivity index (χ3v) is 8.77. The van der Waals surface area contributed by atoms with Crippen LogP contribution in [0.2, 0.25) is 0 Å². The van der Waals surface area contributed by atoms with Gasteiger partial charge in [-0.15, -0.1) is 0 Å². The lowest BCUT2D eigenvalue weighted by Crippen LogP contribution is -2.43. The first-order valence-corrected chi connectivity index (χ1v) is 15.2. The Kier molecular flexibility index (Phi) is 9.17. The van der Waals surface area contributed by atoms with Crippen molar-refractivity contribution in [3.8, 4) is 0 Å². The standard InChI is InChI=1S/C33H36N2O5S/c1-24-31(22-35(2)21-25-10-5-3-6-11-25)39-33(40-32(24)27-18-16-26(23-36)17-19-27)28-12-9-13-29(20-28)34-41(37,38)30-14-7-4-8-15-30/h3-20,24,31-34,36H,21-23H2,1-2H3/t24-,31+,32+,33+/m0/s1. The van der Waals surface area contributed by atoms with Gasteiger partial charge in [-0.25, -0.2) is 8.42 Å². The summed E-state index contributed by atoms with van der Waals surface area (Å²) in [6, 6.07) is 33.6. The number of nitrogens with zero attached hydrogens (tertiary/aromatic N) is 1. The number of ether oxygens (including phenoxy) is 2. The Balaban J connectivity index is 1.40. The number of nitrogens with one attached hydrogen (secondary N) is 1. The minimum Gasteiger partial charge on any atom is -0.392 e. The molecule has 1 heterocycles. The third-order valence-electron chi connectivity index (χ3n) is 7.37. The Hall–Kier alpha value is -3.53. The predicted octanol–water partition coefficient (Wildman–Crippen LogP) is 5.90. The number of aliphatic hydroxyl groups is 1. The molecule has 0 unspecified atom stereocenters. The van der Waals surface area contributed by atoms with E-state index in [2.05, 4.69) is 35.7 Å². The van der Waals surface area contributed by atoms with E-state index in [1.165, 1.54) is 5.56 Å². The quantitative estimate of drug-likeness (QED) is 0.246. The zero-order chi connectivity index (χ0) is 28.8. The van der Waals surface area contributed by atoms with Crippen LogP contribution in [0.1, 0.15) is 41.6 Å². The molecule has 7 nitrogen and oxygen atoms in total. The van der Waals surface area contributed by atoms with Gasteiger partial charge in [0.15, 0.2) is 6.29 Å². The van der Waals surface area contributed by atoms with Gasteiger partial charge in [0, 0.05) is 30.3 Å². The number of sulfonamides is 1. The average Bonchev–Trinajstić information content (AvgIpc) is 2.99. The fraction of sp³-hybridized carbons (Fsp3) is 0.273. The molecule has 5 rings (SSSR count). The van der Waals surface area contributed by atoms with E-state index in [1.807, 2.05) is 48.5 Å². The van der Waals surface area contributed by atoms with Crippen molar-refractivity contribution in [1.82, 2.24) is 4.90 Å². The molecule has 2 N–H and O–H groups in total. The summed E-state index contributed by atoms with van der Waals surface area (Å²) in [6.45, 7) is 3.57. The van der Waals surface area contributed by atoms with E-state index in [9.17, 15) is 13.5 Å². The van der Waals surface area contributed by atoms with Crippen molar-refractivity contribution in [2.24, 2.45) is 5.92 Å². The summed E-state index contributed by atoms with van der Waals surface area (Å²) >= 11 is 0. The van der Waals surface area contributed by atoms with Gasteiger partial charge >= 0.3 is 0 Å². The highest BCUT2D eigenvalue weighted by atomic mass is 32.2. The first-order valence-electron chi connectivity index (χ1n) is 13.7. The van der Waals surface area contributed by atoms with Crippen molar-refractivity contribution in [3.05, 3.63) is 131 Å². The Morgan fingerprint density at radius 3 is 2.17 bits per heavy atom. The maximum absolute atomic E-state index is 12.9. The summed E-state index contributed by atoms with van der Waals surface area (Å²) in [7, 11) is -1.66. The van der Waals surface area contributed by atoms with Crippen LogP contribution >= 0.6 is 0 Å². The van der Waals surface area contributed by atoms with Crippen LogP contribution < -0.4 is 4.72 Å².